The fourth-order valence-corrected chi connectivity index (χ4v) is 3.43. The molecule has 9 heteroatoms. The van der Waals surface area contributed by atoms with Crippen LogP contribution in [0.3, 0.4) is 0 Å². The van der Waals surface area contributed by atoms with E-state index in [9.17, 15) is 18.5 Å². The van der Waals surface area contributed by atoms with Crippen molar-refractivity contribution in [2.24, 2.45) is 0 Å². The molecule has 3 N–H and O–H groups in total. The SMILES string of the molecule is Nc1ccc(S(=O)(=O)NC2CCCOC2)c([N+](=O)[O-])c1. The van der Waals surface area contributed by atoms with Crippen LogP contribution >= 0.6 is 0 Å². The van der Waals surface area contributed by atoms with Crippen molar-refractivity contribution in [2.45, 2.75) is 23.8 Å². The average Bonchev–Trinajstić information content (AvgIpc) is 2.38. The minimum absolute atomic E-state index is 0.136. The number of nitrogen functional groups attached to an aromatic ring is 1. The van der Waals surface area contributed by atoms with Crippen molar-refractivity contribution in [2.75, 3.05) is 18.9 Å². The highest BCUT2D eigenvalue weighted by Crippen LogP contribution is 2.26. The Morgan fingerprint density at radius 3 is 2.80 bits per heavy atom. The van der Waals surface area contributed by atoms with Crippen molar-refractivity contribution in [1.82, 2.24) is 4.72 Å². The molecule has 1 aromatic carbocycles. The van der Waals surface area contributed by atoms with Gasteiger partial charge >= 0.3 is 0 Å². The first-order valence-corrected chi connectivity index (χ1v) is 7.52. The summed E-state index contributed by atoms with van der Waals surface area (Å²) in [7, 11) is -3.98. The number of hydrogen-bond donors (Lipinski definition) is 2. The van der Waals surface area contributed by atoms with Crippen LogP contribution in [0, 0.1) is 10.1 Å². The molecule has 1 unspecified atom stereocenters. The summed E-state index contributed by atoms with van der Waals surface area (Å²) in [5.41, 5.74) is 5.06. The molecular formula is C11H15N3O5S. The van der Waals surface area contributed by atoms with E-state index in [-0.39, 0.29) is 23.2 Å². The van der Waals surface area contributed by atoms with E-state index in [1.807, 2.05) is 0 Å². The van der Waals surface area contributed by atoms with Crippen molar-refractivity contribution in [3.63, 3.8) is 0 Å². The molecule has 1 fully saturated rings. The molecule has 0 amide bonds. The van der Waals surface area contributed by atoms with Crippen LogP contribution in [0.5, 0.6) is 0 Å². The van der Waals surface area contributed by atoms with Gasteiger partial charge in [-0.2, -0.15) is 0 Å². The maximum Gasteiger partial charge on any atom is 0.291 e. The Morgan fingerprint density at radius 1 is 1.45 bits per heavy atom. The molecule has 1 atom stereocenters. The number of nitro groups is 1. The molecule has 1 heterocycles. The van der Waals surface area contributed by atoms with Gasteiger partial charge in [-0.15, -0.1) is 0 Å². The highest BCUT2D eigenvalue weighted by molar-refractivity contribution is 7.89. The molecule has 0 saturated carbocycles. The van der Waals surface area contributed by atoms with Gasteiger partial charge in [0.05, 0.1) is 11.5 Å². The summed E-state index contributed by atoms with van der Waals surface area (Å²) in [5, 5.41) is 10.9. The van der Waals surface area contributed by atoms with E-state index in [4.69, 9.17) is 10.5 Å². The van der Waals surface area contributed by atoms with Crippen molar-refractivity contribution in [3.8, 4) is 0 Å². The largest absolute Gasteiger partial charge is 0.399 e. The van der Waals surface area contributed by atoms with Crippen molar-refractivity contribution in [3.05, 3.63) is 28.3 Å². The summed E-state index contributed by atoms with van der Waals surface area (Å²) >= 11 is 0. The van der Waals surface area contributed by atoms with Crippen molar-refractivity contribution in [1.29, 1.82) is 0 Å². The fourth-order valence-electron chi connectivity index (χ4n) is 2.02. The standard InChI is InChI=1S/C11H15N3O5S/c12-8-3-4-11(10(6-8)14(15)16)20(17,18)13-9-2-1-5-19-7-9/h3-4,6,9,13H,1-2,5,7,12H2. The highest BCUT2D eigenvalue weighted by atomic mass is 32.2. The van der Waals surface area contributed by atoms with Crippen LogP contribution in [0.2, 0.25) is 0 Å². The number of sulfonamides is 1. The molecule has 0 radical (unpaired) electrons. The molecular weight excluding hydrogens is 286 g/mol. The summed E-state index contributed by atoms with van der Waals surface area (Å²) < 4.78 is 32.1. The third-order valence-electron chi connectivity index (χ3n) is 2.95. The second kappa shape index (κ2) is 5.73. The fraction of sp³-hybridized carbons (Fsp3) is 0.455. The number of rotatable bonds is 4. The van der Waals surface area contributed by atoms with Gasteiger partial charge in [-0.1, -0.05) is 0 Å². The number of nitro benzene ring substituents is 1. The predicted molar refractivity (Wildman–Crippen MR) is 71.7 cm³/mol. The zero-order valence-electron chi connectivity index (χ0n) is 10.6. The Morgan fingerprint density at radius 2 is 2.20 bits per heavy atom. The van der Waals surface area contributed by atoms with Crippen LogP contribution in [-0.4, -0.2) is 32.6 Å². The molecule has 1 saturated heterocycles. The van der Waals surface area contributed by atoms with Gasteiger partial charge in [0.2, 0.25) is 10.0 Å². The topological polar surface area (TPSA) is 125 Å². The van der Waals surface area contributed by atoms with Crippen molar-refractivity contribution >= 4 is 21.4 Å². The Balaban J connectivity index is 2.31. The molecule has 0 spiro atoms. The lowest BCUT2D eigenvalue weighted by Crippen LogP contribution is -2.40. The molecule has 110 valence electrons. The van der Waals surface area contributed by atoms with Gasteiger partial charge in [-0.3, -0.25) is 10.1 Å². The molecule has 8 nitrogen and oxygen atoms in total. The number of nitrogens with zero attached hydrogens (tertiary/aromatic N) is 1. The van der Waals surface area contributed by atoms with Crippen molar-refractivity contribution < 1.29 is 18.1 Å². The summed E-state index contributed by atoms with van der Waals surface area (Å²) in [6.45, 7) is 0.863. The van der Waals surface area contributed by atoms with E-state index in [2.05, 4.69) is 4.72 Å². The Labute approximate surface area is 116 Å². The highest BCUT2D eigenvalue weighted by Gasteiger charge is 2.29. The molecule has 0 aliphatic carbocycles. The van der Waals surface area contributed by atoms with E-state index in [0.717, 1.165) is 18.6 Å². The third kappa shape index (κ3) is 3.24. The maximum absolute atomic E-state index is 12.2. The zero-order chi connectivity index (χ0) is 14.8. The van der Waals surface area contributed by atoms with Gasteiger partial charge < -0.3 is 10.5 Å². The number of ether oxygens (including phenoxy) is 1. The lowest BCUT2D eigenvalue weighted by molar-refractivity contribution is -0.387. The van der Waals surface area contributed by atoms with E-state index >= 15 is 0 Å². The summed E-state index contributed by atoms with van der Waals surface area (Å²) in [6, 6.07) is 3.12. The number of nitrogens with two attached hydrogens (primary N) is 1. The first-order valence-electron chi connectivity index (χ1n) is 6.04. The van der Waals surface area contributed by atoms with Crippen LogP contribution < -0.4 is 10.5 Å². The number of anilines is 1. The van der Waals surface area contributed by atoms with Gasteiger partial charge in [-0.25, -0.2) is 13.1 Å². The van der Waals surface area contributed by atoms with Crippen LogP contribution in [0.4, 0.5) is 11.4 Å². The molecule has 1 aliphatic heterocycles. The minimum Gasteiger partial charge on any atom is -0.399 e. The second-order valence-electron chi connectivity index (χ2n) is 4.52. The lowest BCUT2D eigenvalue weighted by Gasteiger charge is -2.22. The molecule has 1 aromatic rings. The molecule has 0 aromatic heterocycles. The number of hydrogen-bond acceptors (Lipinski definition) is 6. The molecule has 0 bridgehead atoms. The quantitative estimate of drug-likeness (QED) is 0.477. The van der Waals surface area contributed by atoms with Gasteiger partial charge in [0.15, 0.2) is 4.90 Å². The minimum atomic E-state index is -3.98. The van der Waals surface area contributed by atoms with Gasteiger partial charge in [-0.05, 0) is 25.0 Å². The monoisotopic (exact) mass is 301 g/mol. The van der Waals surface area contributed by atoms with Crippen LogP contribution in [-0.2, 0) is 14.8 Å². The third-order valence-corrected chi connectivity index (χ3v) is 4.52. The molecule has 20 heavy (non-hydrogen) atoms. The van der Waals surface area contributed by atoms with E-state index in [1.165, 1.54) is 6.07 Å². The van der Waals surface area contributed by atoms with E-state index in [1.54, 1.807) is 0 Å². The average molecular weight is 301 g/mol. The summed E-state index contributed by atoms with van der Waals surface area (Å²) in [6.07, 6.45) is 1.39. The Hall–Kier alpha value is -1.71. The van der Waals surface area contributed by atoms with Crippen LogP contribution in [0.15, 0.2) is 23.1 Å². The molecule has 1 aliphatic rings. The second-order valence-corrected chi connectivity index (χ2v) is 6.20. The molecule has 2 rings (SSSR count). The van der Waals surface area contributed by atoms with Gasteiger partial charge in [0.1, 0.15) is 0 Å². The Bertz CT molecular complexity index is 610. The van der Waals surface area contributed by atoms with Crippen LogP contribution in [0.25, 0.3) is 0 Å². The van der Waals surface area contributed by atoms with Gasteiger partial charge in [0.25, 0.3) is 5.69 Å². The number of nitrogens with one attached hydrogen (secondary N) is 1. The first kappa shape index (κ1) is 14.7. The number of benzene rings is 1. The smallest absolute Gasteiger partial charge is 0.291 e. The Kier molecular flexibility index (Phi) is 4.21. The van der Waals surface area contributed by atoms with Gasteiger partial charge in [0, 0.05) is 24.4 Å². The summed E-state index contributed by atoms with van der Waals surface area (Å²) in [4.78, 5) is 9.80. The zero-order valence-corrected chi connectivity index (χ0v) is 11.4. The van der Waals surface area contributed by atoms with E-state index in [0.29, 0.717) is 13.0 Å². The van der Waals surface area contributed by atoms with E-state index < -0.39 is 20.6 Å². The maximum atomic E-state index is 12.2. The normalized spacial score (nSPS) is 19.7. The summed E-state index contributed by atoms with van der Waals surface area (Å²) in [5.74, 6) is 0. The lowest BCUT2D eigenvalue weighted by atomic mass is 10.1. The first-order chi connectivity index (χ1) is 9.40. The van der Waals surface area contributed by atoms with Crippen LogP contribution in [0.1, 0.15) is 12.8 Å². The predicted octanol–water partition coefficient (Wildman–Crippen LogP) is 0.634.